The summed E-state index contributed by atoms with van der Waals surface area (Å²) in [6, 6.07) is 4.23. The van der Waals surface area contributed by atoms with Gasteiger partial charge in [-0.2, -0.15) is 0 Å². The molecule has 0 bridgehead atoms. The van der Waals surface area contributed by atoms with E-state index >= 15 is 0 Å². The van der Waals surface area contributed by atoms with Crippen LogP contribution in [0.1, 0.15) is 16.8 Å². The molecule has 0 aliphatic carbocycles. The topological polar surface area (TPSA) is 78.8 Å². The number of rotatable bonds is 6. The van der Waals surface area contributed by atoms with Gasteiger partial charge in [0.15, 0.2) is 0 Å². The number of carbonyl (C=O) groups is 1. The van der Waals surface area contributed by atoms with Gasteiger partial charge in [0, 0.05) is 18.2 Å². The van der Waals surface area contributed by atoms with Gasteiger partial charge in [-0.1, -0.05) is 15.9 Å². The largest absolute Gasteiger partial charge is 0.507 e. The summed E-state index contributed by atoms with van der Waals surface area (Å²) < 4.78 is 5.57. The Morgan fingerprint density at radius 2 is 2.28 bits per heavy atom. The maximum atomic E-state index is 11.9. The molecule has 1 aromatic carbocycles. The zero-order valence-corrected chi connectivity index (χ0v) is 11.6. The van der Waals surface area contributed by atoms with Crippen LogP contribution in [0.3, 0.4) is 0 Å². The van der Waals surface area contributed by atoms with Crippen LogP contribution in [0, 0.1) is 0 Å². The highest BCUT2D eigenvalue weighted by molar-refractivity contribution is 9.10. The van der Waals surface area contributed by atoms with E-state index in [1.54, 1.807) is 13.2 Å². The number of benzene rings is 1. The number of aliphatic hydroxyl groups excluding tert-OH is 1. The van der Waals surface area contributed by atoms with Crippen molar-refractivity contribution in [1.82, 2.24) is 5.32 Å². The third kappa shape index (κ3) is 4.29. The monoisotopic (exact) mass is 317 g/mol. The van der Waals surface area contributed by atoms with Gasteiger partial charge in [-0.15, -0.1) is 0 Å². The molecule has 1 unspecified atom stereocenters. The fraction of sp³-hybridized carbons (Fsp3) is 0.417. The van der Waals surface area contributed by atoms with Crippen LogP contribution in [-0.2, 0) is 4.74 Å². The normalized spacial score (nSPS) is 12.2. The van der Waals surface area contributed by atoms with E-state index in [2.05, 4.69) is 21.2 Å². The molecule has 0 aromatic heterocycles. The van der Waals surface area contributed by atoms with Crippen LogP contribution in [0.4, 0.5) is 0 Å². The quantitative estimate of drug-likeness (QED) is 0.738. The SMILES string of the molecule is COCCC(CO)NC(=O)c1ccc(Br)cc1O. The summed E-state index contributed by atoms with van der Waals surface area (Å²) in [6.45, 7) is 0.268. The summed E-state index contributed by atoms with van der Waals surface area (Å²) in [6.07, 6.45) is 0.510. The van der Waals surface area contributed by atoms with Crippen LogP contribution in [0.25, 0.3) is 0 Å². The Hall–Kier alpha value is -1.11. The zero-order valence-electron chi connectivity index (χ0n) is 10.0. The van der Waals surface area contributed by atoms with Gasteiger partial charge in [-0.3, -0.25) is 4.79 Å². The second kappa shape index (κ2) is 7.35. The van der Waals surface area contributed by atoms with Gasteiger partial charge in [0.1, 0.15) is 5.75 Å². The number of aliphatic hydroxyl groups is 1. The lowest BCUT2D eigenvalue weighted by Crippen LogP contribution is -2.38. The predicted octanol–water partition coefficient (Wildman–Crippen LogP) is 1.28. The highest BCUT2D eigenvalue weighted by Gasteiger charge is 2.15. The van der Waals surface area contributed by atoms with Crippen LogP contribution in [-0.4, -0.2) is 42.5 Å². The minimum absolute atomic E-state index is 0.106. The molecule has 0 aliphatic heterocycles. The van der Waals surface area contributed by atoms with E-state index in [-0.39, 0.29) is 24.0 Å². The van der Waals surface area contributed by atoms with Crippen molar-refractivity contribution >= 4 is 21.8 Å². The molecule has 1 amide bonds. The molecular formula is C12H16BrNO4. The second-order valence-corrected chi connectivity index (χ2v) is 4.71. The molecule has 0 saturated heterocycles. The Labute approximate surface area is 114 Å². The first-order valence-corrected chi connectivity index (χ1v) is 6.27. The summed E-state index contributed by atoms with van der Waals surface area (Å²) in [7, 11) is 1.55. The standard InChI is InChI=1S/C12H16BrNO4/c1-18-5-4-9(7-15)14-12(17)10-3-2-8(13)6-11(10)16/h2-3,6,9,15-16H,4-5,7H2,1H3,(H,14,17). The average molecular weight is 318 g/mol. The molecule has 3 N–H and O–H groups in total. The number of aromatic hydroxyl groups is 1. The van der Waals surface area contributed by atoms with Crippen molar-refractivity contribution in [1.29, 1.82) is 0 Å². The van der Waals surface area contributed by atoms with E-state index in [4.69, 9.17) is 9.84 Å². The Kier molecular flexibility index (Phi) is 6.11. The molecule has 0 aliphatic rings. The van der Waals surface area contributed by atoms with E-state index in [9.17, 15) is 9.90 Å². The number of nitrogens with one attached hydrogen (secondary N) is 1. The molecule has 6 heteroatoms. The number of hydrogen-bond donors (Lipinski definition) is 3. The molecule has 0 radical (unpaired) electrons. The van der Waals surface area contributed by atoms with Crippen molar-refractivity contribution < 1.29 is 19.7 Å². The first-order chi connectivity index (χ1) is 8.58. The number of hydrogen-bond acceptors (Lipinski definition) is 4. The molecule has 0 saturated carbocycles. The smallest absolute Gasteiger partial charge is 0.255 e. The van der Waals surface area contributed by atoms with Gasteiger partial charge in [0.25, 0.3) is 5.91 Å². The van der Waals surface area contributed by atoms with Crippen LogP contribution in [0.5, 0.6) is 5.75 Å². The molecule has 5 nitrogen and oxygen atoms in total. The van der Waals surface area contributed by atoms with Crippen LogP contribution in [0.2, 0.25) is 0 Å². The number of phenols is 1. The molecule has 0 heterocycles. The number of halogens is 1. The van der Waals surface area contributed by atoms with E-state index in [0.29, 0.717) is 17.5 Å². The van der Waals surface area contributed by atoms with E-state index < -0.39 is 5.91 Å². The molecule has 0 spiro atoms. The summed E-state index contributed by atoms with van der Waals surface area (Å²) in [5.74, 6) is -0.527. The van der Waals surface area contributed by atoms with Crippen molar-refractivity contribution in [2.45, 2.75) is 12.5 Å². The molecule has 1 atom stereocenters. The fourth-order valence-corrected chi connectivity index (χ4v) is 1.78. The van der Waals surface area contributed by atoms with Gasteiger partial charge in [0.05, 0.1) is 18.2 Å². The lowest BCUT2D eigenvalue weighted by atomic mass is 10.1. The number of methoxy groups -OCH3 is 1. The van der Waals surface area contributed by atoms with Gasteiger partial charge in [-0.05, 0) is 24.6 Å². The molecule has 1 rings (SSSR count). The fourth-order valence-electron chi connectivity index (χ4n) is 1.43. The minimum atomic E-state index is -0.421. The van der Waals surface area contributed by atoms with Gasteiger partial charge >= 0.3 is 0 Å². The average Bonchev–Trinajstić information content (AvgIpc) is 2.34. The highest BCUT2D eigenvalue weighted by atomic mass is 79.9. The number of amides is 1. The van der Waals surface area contributed by atoms with Crippen LogP contribution < -0.4 is 5.32 Å². The van der Waals surface area contributed by atoms with Crippen LogP contribution in [0.15, 0.2) is 22.7 Å². The van der Waals surface area contributed by atoms with Gasteiger partial charge in [-0.25, -0.2) is 0 Å². The summed E-state index contributed by atoms with van der Waals surface area (Å²) in [4.78, 5) is 11.9. The van der Waals surface area contributed by atoms with E-state index in [1.807, 2.05) is 0 Å². The minimum Gasteiger partial charge on any atom is -0.507 e. The lowest BCUT2D eigenvalue weighted by Gasteiger charge is -2.16. The van der Waals surface area contributed by atoms with Crippen LogP contribution >= 0.6 is 15.9 Å². The third-order valence-corrected chi connectivity index (χ3v) is 2.92. The van der Waals surface area contributed by atoms with Crippen molar-refractivity contribution in [3.05, 3.63) is 28.2 Å². The first kappa shape index (κ1) is 14.9. The van der Waals surface area contributed by atoms with E-state index in [1.165, 1.54) is 12.1 Å². The highest BCUT2D eigenvalue weighted by Crippen LogP contribution is 2.22. The first-order valence-electron chi connectivity index (χ1n) is 5.47. The molecule has 0 fully saturated rings. The zero-order chi connectivity index (χ0) is 13.5. The molecule has 18 heavy (non-hydrogen) atoms. The second-order valence-electron chi connectivity index (χ2n) is 3.80. The Morgan fingerprint density at radius 1 is 1.56 bits per heavy atom. The number of ether oxygens (including phenoxy) is 1. The predicted molar refractivity (Wildman–Crippen MR) is 70.6 cm³/mol. The summed E-state index contributed by atoms with van der Waals surface area (Å²) in [5.41, 5.74) is 0.175. The van der Waals surface area contributed by atoms with Crippen molar-refractivity contribution in [2.75, 3.05) is 20.3 Å². The van der Waals surface area contributed by atoms with Crippen molar-refractivity contribution in [3.8, 4) is 5.75 Å². The van der Waals surface area contributed by atoms with Gasteiger partial charge in [0.2, 0.25) is 0 Å². The maximum absolute atomic E-state index is 11.9. The summed E-state index contributed by atoms with van der Waals surface area (Å²) in [5, 5.41) is 21.4. The van der Waals surface area contributed by atoms with Crippen molar-refractivity contribution in [3.63, 3.8) is 0 Å². The summed E-state index contributed by atoms with van der Waals surface area (Å²) >= 11 is 3.20. The Balaban J connectivity index is 2.68. The Bertz CT molecular complexity index is 411. The van der Waals surface area contributed by atoms with E-state index in [0.717, 1.165) is 0 Å². The molecular weight excluding hydrogens is 302 g/mol. The molecule has 100 valence electrons. The van der Waals surface area contributed by atoms with Crippen molar-refractivity contribution in [2.24, 2.45) is 0 Å². The maximum Gasteiger partial charge on any atom is 0.255 e. The van der Waals surface area contributed by atoms with Gasteiger partial charge < -0.3 is 20.3 Å². The Morgan fingerprint density at radius 3 is 2.83 bits per heavy atom. The lowest BCUT2D eigenvalue weighted by molar-refractivity contribution is 0.0892. The molecule has 1 aromatic rings. The third-order valence-electron chi connectivity index (χ3n) is 2.43. The number of carbonyl (C=O) groups excluding carboxylic acids is 1. The number of phenolic OH excluding ortho intramolecular Hbond substituents is 1.